The average Bonchev–Trinajstić information content (AvgIpc) is 3.30. The molecule has 2 nitrogen and oxygen atoms in total. The van der Waals surface area contributed by atoms with Crippen LogP contribution in [0.5, 0.6) is 5.75 Å². The van der Waals surface area contributed by atoms with Crippen LogP contribution in [0, 0.1) is 17.1 Å². The lowest BCUT2D eigenvalue weighted by Crippen LogP contribution is -2.08. The van der Waals surface area contributed by atoms with Gasteiger partial charge in [-0.15, -0.1) is 0 Å². The molecule has 0 amide bonds. The molecule has 1 aliphatic carbocycles. The van der Waals surface area contributed by atoms with Gasteiger partial charge in [-0.2, -0.15) is 5.26 Å². The van der Waals surface area contributed by atoms with E-state index in [9.17, 15) is 9.65 Å². The fourth-order valence-electron chi connectivity index (χ4n) is 2.32. The van der Waals surface area contributed by atoms with Crippen molar-refractivity contribution in [3.63, 3.8) is 0 Å². The van der Waals surface area contributed by atoms with Crippen LogP contribution in [0.15, 0.2) is 46.9 Å². The lowest BCUT2D eigenvalue weighted by Gasteiger charge is -2.15. The van der Waals surface area contributed by atoms with Crippen molar-refractivity contribution in [1.82, 2.24) is 0 Å². The molecule has 4 heteroatoms. The molecule has 0 radical (unpaired) electrons. The number of hydrogen-bond donors (Lipinski definition) is 0. The van der Waals surface area contributed by atoms with Crippen LogP contribution in [0.1, 0.15) is 24.0 Å². The normalized spacial score (nSPS) is 15.3. The highest BCUT2D eigenvalue weighted by Crippen LogP contribution is 2.51. The second-order valence-corrected chi connectivity index (χ2v) is 6.08. The predicted octanol–water partition coefficient (Wildman–Crippen LogP) is 4.72. The van der Waals surface area contributed by atoms with Gasteiger partial charge in [0.05, 0.1) is 16.0 Å². The Morgan fingerprint density at radius 2 is 1.95 bits per heavy atom. The summed E-state index contributed by atoms with van der Waals surface area (Å²) >= 11 is 3.18. The van der Waals surface area contributed by atoms with Gasteiger partial charge in [0, 0.05) is 5.56 Å². The smallest absolute Gasteiger partial charge is 0.137 e. The Morgan fingerprint density at radius 3 is 2.57 bits per heavy atom. The second kappa shape index (κ2) is 5.50. The zero-order valence-electron chi connectivity index (χ0n) is 11.3. The van der Waals surface area contributed by atoms with Crippen LogP contribution in [0.4, 0.5) is 4.39 Å². The lowest BCUT2D eigenvalue weighted by atomic mass is 9.96. The van der Waals surface area contributed by atoms with Gasteiger partial charge in [-0.05, 0) is 46.5 Å². The molecule has 106 valence electrons. The molecule has 2 aromatic rings. The van der Waals surface area contributed by atoms with Crippen LogP contribution < -0.4 is 4.74 Å². The summed E-state index contributed by atoms with van der Waals surface area (Å²) in [4.78, 5) is 0. The van der Waals surface area contributed by atoms with E-state index in [1.165, 1.54) is 6.07 Å². The van der Waals surface area contributed by atoms with Gasteiger partial charge in [0.25, 0.3) is 0 Å². The third kappa shape index (κ3) is 2.79. The van der Waals surface area contributed by atoms with E-state index in [0.717, 1.165) is 18.4 Å². The molecule has 0 atom stereocenters. The van der Waals surface area contributed by atoms with Crippen LogP contribution in [0.2, 0.25) is 0 Å². The molecular formula is C17H13BrFNO. The molecule has 0 unspecified atom stereocenters. The molecule has 0 N–H and O–H groups in total. The first-order valence-electron chi connectivity index (χ1n) is 6.72. The van der Waals surface area contributed by atoms with E-state index in [4.69, 9.17) is 4.74 Å². The molecule has 0 spiro atoms. The van der Waals surface area contributed by atoms with Gasteiger partial charge in [-0.1, -0.05) is 30.3 Å². The van der Waals surface area contributed by atoms with E-state index in [1.807, 2.05) is 30.3 Å². The molecule has 3 rings (SSSR count). The van der Waals surface area contributed by atoms with Gasteiger partial charge in [-0.25, -0.2) is 4.39 Å². The van der Waals surface area contributed by atoms with E-state index < -0.39 is 5.41 Å². The van der Waals surface area contributed by atoms with Gasteiger partial charge >= 0.3 is 0 Å². The number of nitriles is 1. The topological polar surface area (TPSA) is 33.0 Å². The first-order valence-corrected chi connectivity index (χ1v) is 7.51. The van der Waals surface area contributed by atoms with Gasteiger partial charge in [0.2, 0.25) is 0 Å². The van der Waals surface area contributed by atoms with E-state index in [-0.39, 0.29) is 5.82 Å². The first-order chi connectivity index (χ1) is 10.1. The van der Waals surface area contributed by atoms with Crippen molar-refractivity contribution in [2.24, 2.45) is 0 Å². The van der Waals surface area contributed by atoms with Gasteiger partial charge in [0.1, 0.15) is 18.2 Å². The molecular weight excluding hydrogens is 333 g/mol. The standard InChI is InChI=1S/C17H13BrFNO/c18-14-9-16(21-10-12-4-2-1-3-5-12)13(8-15(14)19)17(11-20)6-7-17/h1-5,8-9H,6-7,10H2. The van der Waals surface area contributed by atoms with Crippen LogP contribution in [0.25, 0.3) is 0 Å². The maximum atomic E-state index is 13.8. The summed E-state index contributed by atoms with van der Waals surface area (Å²) in [6, 6.07) is 15.1. The molecule has 1 aliphatic rings. The second-order valence-electron chi connectivity index (χ2n) is 5.23. The van der Waals surface area contributed by atoms with Crippen molar-refractivity contribution in [3.8, 4) is 11.8 Å². The summed E-state index contributed by atoms with van der Waals surface area (Å²) in [7, 11) is 0. The third-order valence-corrected chi connectivity index (χ3v) is 4.35. The van der Waals surface area contributed by atoms with Crippen molar-refractivity contribution < 1.29 is 9.13 Å². The van der Waals surface area contributed by atoms with Crippen molar-refractivity contribution in [3.05, 3.63) is 63.9 Å². The Kier molecular flexibility index (Phi) is 3.69. The molecule has 0 heterocycles. The summed E-state index contributed by atoms with van der Waals surface area (Å²) in [5.74, 6) is 0.213. The minimum absolute atomic E-state index is 0.350. The van der Waals surface area contributed by atoms with Crippen LogP contribution in [0.3, 0.4) is 0 Å². The lowest BCUT2D eigenvalue weighted by molar-refractivity contribution is 0.301. The van der Waals surface area contributed by atoms with Crippen LogP contribution in [-0.2, 0) is 12.0 Å². The fraction of sp³-hybridized carbons (Fsp3) is 0.235. The van der Waals surface area contributed by atoms with Crippen LogP contribution >= 0.6 is 15.9 Å². The summed E-state index contributed by atoms with van der Waals surface area (Å²) in [5, 5.41) is 9.34. The largest absolute Gasteiger partial charge is 0.489 e. The van der Waals surface area contributed by atoms with Gasteiger partial charge < -0.3 is 4.74 Å². The first kappa shape index (κ1) is 14.1. The van der Waals surface area contributed by atoms with E-state index >= 15 is 0 Å². The Morgan fingerprint density at radius 1 is 1.24 bits per heavy atom. The zero-order chi connectivity index (χ0) is 14.9. The van der Waals surface area contributed by atoms with Crippen molar-refractivity contribution >= 4 is 15.9 Å². The highest BCUT2D eigenvalue weighted by molar-refractivity contribution is 9.10. The monoisotopic (exact) mass is 345 g/mol. The minimum atomic E-state index is -0.576. The summed E-state index contributed by atoms with van der Waals surface area (Å²) in [6.07, 6.45) is 1.51. The number of hydrogen-bond acceptors (Lipinski definition) is 2. The molecule has 1 saturated carbocycles. The molecule has 1 fully saturated rings. The maximum absolute atomic E-state index is 13.8. The number of halogens is 2. The Labute approximate surface area is 131 Å². The molecule has 0 saturated heterocycles. The SMILES string of the molecule is N#CC1(c2cc(F)c(Br)cc2OCc2ccccc2)CC1. The quantitative estimate of drug-likeness (QED) is 0.802. The van der Waals surface area contributed by atoms with Crippen molar-refractivity contribution in [1.29, 1.82) is 5.26 Å². The third-order valence-electron chi connectivity index (χ3n) is 3.74. The molecule has 0 bridgehead atoms. The fourth-order valence-corrected chi connectivity index (χ4v) is 2.65. The highest BCUT2D eigenvalue weighted by atomic mass is 79.9. The summed E-state index contributed by atoms with van der Waals surface area (Å²) in [6.45, 7) is 0.396. The Balaban J connectivity index is 1.91. The minimum Gasteiger partial charge on any atom is -0.489 e. The zero-order valence-corrected chi connectivity index (χ0v) is 12.9. The van der Waals surface area contributed by atoms with E-state index in [1.54, 1.807) is 6.07 Å². The number of ether oxygens (including phenoxy) is 1. The summed E-state index contributed by atoms with van der Waals surface area (Å²) < 4.78 is 20.0. The Hall–Kier alpha value is -1.86. The van der Waals surface area contributed by atoms with E-state index in [0.29, 0.717) is 22.4 Å². The maximum Gasteiger partial charge on any atom is 0.137 e. The predicted molar refractivity (Wildman–Crippen MR) is 81.4 cm³/mol. The van der Waals surface area contributed by atoms with Crippen molar-refractivity contribution in [2.75, 3.05) is 0 Å². The molecule has 0 aliphatic heterocycles. The molecule has 2 aromatic carbocycles. The number of nitrogens with zero attached hydrogens (tertiary/aromatic N) is 1. The summed E-state index contributed by atoms with van der Waals surface area (Å²) in [5.41, 5.74) is 1.11. The van der Waals surface area contributed by atoms with Gasteiger partial charge in [0.15, 0.2) is 0 Å². The van der Waals surface area contributed by atoms with E-state index in [2.05, 4.69) is 22.0 Å². The van der Waals surface area contributed by atoms with Crippen LogP contribution in [-0.4, -0.2) is 0 Å². The van der Waals surface area contributed by atoms with Crippen molar-refractivity contribution in [2.45, 2.75) is 24.9 Å². The highest BCUT2D eigenvalue weighted by Gasteiger charge is 2.47. The molecule has 21 heavy (non-hydrogen) atoms. The number of benzene rings is 2. The van der Waals surface area contributed by atoms with Gasteiger partial charge in [-0.3, -0.25) is 0 Å². The Bertz CT molecular complexity index is 705. The number of rotatable bonds is 4. The molecule has 0 aromatic heterocycles. The average molecular weight is 346 g/mol.